The summed E-state index contributed by atoms with van der Waals surface area (Å²) in [5.74, 6) is 0.0798. The lowest BCUT2D eigenvalue weighted by Gasteiger charge is -2.10. The maximum atomic E-state index is 13.4. The van der Waals surface area contributed by atoms with E-state index in [0.717, 1.165) is 28.1 Å². The molecule has 36 heavy (non-hydrogen) atoms. The second kappa shape index (κ2) is 8.37. The van der Waals surface area contributed by atoms with E-state index in [2.05, 4.69) is 25.5 Å². The summed E-state index contributed by atoms with van der Waals surface area (Å²) in [6.45, 7) is 5.83. The molecule has 1 N–H and O–H groups in total. The molecular formula is C27H23FN6O2. The van der Waals surface area contributed by atoms with Gasteiger partial charge in [0.2, 0.25) is 11.7 Å². The van der Waals surface area contributed by atoms with Crippen LogP contribution in [0.4, 0.5) is 10.1 Å². The quantitative estimate of drug-likeness (QED) is 0.358. The standard InChI is InChI=1S/C27H23FN6O2/c1-14-4-6-18(25-32-27(36-33-25)20-12-22(20)28)10-23(14)31-26(35)21-13-29-34-9-8-17(11-24(21)34)19-7-5-15(2)30-16(19)3/h4-11,13,20,22H,12H2,1-3H3,(H,31,35)/t20-,22-/m0/s1. The second-order valence-corrected chi connectivity index (χ2v) is 9.19. The molecule has 4 heterocycles. The highest BCUT2D eigenvalue weighted by Gasteiger charge is 2.43. The first-order valence-corrected chi connectivity index (χ1v) is 11.7. The van der Waals surface area contributed by atoms with Gasteiger partial charge in [-0.2, -0.15) is 10.1 Å². The Morgan fingerprint density at radius 2 is 1.92 bits per heavy atom. The Bertz CT molecular complexity index is 1640. The van der Waals surface area contributed by atoms with Crippen LogP contribution in [0.2, 0.25) is 0 Å². The predicted octanol–water partition coefficient (Wildman–Crippen LogP) is 5.45. The van der Waals surface area contributed by atoms with Gasteiger partial charge in [-0.1, -0.05) is 23.4 Å². The number of hydrogen-bond donors (Lipinski definition) is 1. The summed E-state index contributed by atoms with van der Waals surface area (Å²) in [6.07, 6.45) is 2.90. The van der Waals surface area contributed by atoms with Crippen molar-refractivity contribution in [2.24, 2.45) is 0 Å². The number of nitrogens with one attached hydrogen (secondary N) is 1. The van der Waals surface area contributed by atoms with Crippen LogP contribution in [0, 0.1) is 20.8 Å². The largest absolute Gasteiger partial charge is 0.339 e. The average Bonchev–Trinajstić information content (AvgIpc) is 3.23. The fraction of sp³-hybridized carbons (Fsp3) is 0.222. The van der Waals surface area contributed by atoms with Gasteiger partial charge in [0.15, 0.2) is 0 Å². The van der Waals surface area contributed by atoms with Crippen molar-refractivity contribution in [3.05, 3.63) is 83.3 Å². The lowest BCUT2D eigenvalue weighted by atomic mass is 10.0. The van der Waals surface area contributed by atoms with Crippen molar-refractivity contribution in [1.29, 1.82) is 0 Å². The number of carbonyl (C=O) groups is 1. The van der Waals surface area contributed by atoms with Crippen molar-refractivity contribution in [1.82, 2.24) is 24.7 Å². The molecule has 0 aliphatic heterocycles. The monoisotopic (exact) mass is 482 g/mol. The number of rotatable bonds is 5. The first-order valence-electron chi connectivity index (χ1n) is 11.7. The third-order valence-electron chi connectivity index (χ3n) is 6.52. The molecule has 9 heteroatoms. The number of benzene rings is 1. The number of pyridine rings is 2. The van der Waals surface area contributed by atoms with Gasteiger partial charge in [-0.3, -0.25) is 9.78 Å². The van der Waals surface area contributed by atoms with Gasteiger partial charge in [-0.15, -0.1) is 0 Å². The summed E-state index contributed by atoms with van der Waals surface area (Å²) < 4.78 is 20.3. The van der Waals surface area contributed by atoms with E-state index in [0.29, 0.717) is 40.5 Å². The highest BCUT2D eigenvalue weighted by Crippen LogP contribution is 2.43. The highest BCUT2D eigenvalue weighted by molar-refractivity contribution is 6.09. The molecule has 1 aliphatic carbocycles. The molecule has 8 nitrogen and oxygen atoms in total. The van der Waals surface area contributed by atoms with Crippen LogP contribution in [0.15, 0.2) is 59.4 Å². The summed E-state index contributed by atoms with van der Waals surface area (Å²) in [5.41, 5.74) is 7.14. The minimum Gasteiger partial charge on any atom is -0.339 e. The Morgan fingerprint density at radius 1 is 1.08 bits per heavy atom. The van der Waals surface area contributed by atoms with Gasteiger partial charge in [0.05, 0.1) is 23.2 Å². The molecule has 0 radical (unpaired) electrons. The Morgan fingerprint density at radius 3 is 2.69 bits per heavy atom. The third kappa shape index (κ3) is 3.92. The zero-order chi connectivity index (χ0) is 25.0. The van der Waals surface area contributed by atoms with Gasteiger partial charge in [0, 0.05) is 34.4 Å². The van der Waals surface area contributed by atoms with E-state index >= 15 is 0 Å². The summed E-state index contributed by atoms with van der Waals surface area (Å²) >= 11 is 0. The lowest BCUT2D eigenvalue weighted by molar-refractivity contribution is 0.102. The van der Waals surface area contributed by atoms with Crippen LogP contribution in [0.3, 0.4) is 0 Å². The van der Waals surface area contributed by atoms with E-state index in [4.69, 9.17) is 4.52 Å². The molecule has 6 rings (SSSR count). The molecule has 0 unspecified atom stereocenters. The summed E-state index contributed by atoms with van der Waals surface area (Å²) in [4.78, 5) is 22.2. The van der Waals surface area contributed by atoms with Crippen molar-refractivity contribution < 1.29 is 13.7 Å². The van der Waals surface area contributed by atoms with Gasteiger partial charge < -0.3 is 9.84 Å². The van der Waals surface area contributed by atoms with Crippen LogP contribution < -0.4 is 5.32 Å². The molecular weight excluding hydrogens is 459 g/mol. The zero-order valence-electron chi connectivity index (χ0n) is 20.0. The van der Waals surface area contributed by atoms with Gasteiger partial charge in [-0.05, 0) is 62.6 Å². The molecule has 180 valence electrons. The molecule has 0 saturated heterocycles. The van der Waals surface area contributed by atoms with Crippen molar-refractivity contribution >= 4 is 17.1 Å². The van der Waals surface area contributed by atoms with E-state index in [1.54, 1.807) is 16.8 Å². The van der Waals surface area contributed by atoms with Crippen LogP contribution in [-0.2, 0) is 0 Å². The van der Waals surface area contributed by atoms with E-state index < -0.39 is 6.17 Å². The molecule has 1 fully saturated rings. The maximum Gasteiger partial charge on any atom is 0.259 e. The number of nitrogens with zero attached hydrogens (tertiary/aromatic N) is 5. The summed E-state index contributed by atoms with van der Waals surface area (Å²) in [5, 5.41) is 11.3. The Balaban J connectivity index is 1.30. The van der Waals surface area contributed by atoms with E-state index in [-0.39, 0.29) is 11.8 Å². The van der Waals surface area contributed by atoms with Gasteiger partial charge in [-0.25, -0.2) is 8.91 Å². The third-order valence-corrected chi connectivity index (χ3v) is 6.52. The van der Waals surface area contributed by atoms with E-state index in [1.807, 2.05) is 63.4 Å². The molecule has 2 atom stereocenters. The van der Waals surface area contributed by atoms with Crippen LogP contribution in [0.25, 0.3) is 28.0 Å². The number of aryl methyl sites for hydroxylation is 3. The normalized spacial score (nSPS) is 16.9. The fourth-order valence-electron chi connectivity index (χ4n) is 4.32. The van der Waals surface area contributed by atoms with Gasteiger partial charge in [0.25, 0.3) is 5.91 Å². The molecule has 4 aromatic heterocycles. The van der Waals surface area contributed by atoms with Crippen molar-refractivity contribution in [3.8, 4) is 22.5 Å². The number of fused-ring (bicyclic) bond motifs is 1. The van der Waals surface area contributed by atoms with E-state index in [9.17, 15) is 9.18 Å². The van der Waals surface area contributed by atoms with Crippen LogP contribution in [0.1, 0.15) is 45.5 Å². The topological polar surface area (TPSA) is 98.2 Å². The Hall–Kier alpha value is -4.40. The number of anilines is 1. The number of alkyl halides is 1. The summed E-state index contributed by atoms with van der Waals surface area (Å²) in [7, 11) is 0. The molecule has 1 saturated carbocycles. The highest BCUT2D eigenvalue weighted by atomic mass is 19.1. The number of aromatic nitrogens is 5. The molecule has 1 aromatic carbocycles. The fourth-order valence-corrected chi connectivity index (χ4v) is 4.32. The van der Waals surface area contributed by atoms with Gasteiger partial charge in [0.1, 0.15) is 6.17 Å². The molecule has 0 spiro atoms. The first-order chi connectivity index (χ1) is 17.4. The first kappa shape index (κ1) is 22.1. The smallest absolute Gasteiger partial charge is 0.259 e. The molecule has 1 amide bonds. The number of carbonyl (C=O) groups excluding carboxylic acids is 1. The van der Waals surface area contributed by atoms with Crippen molar-refractivity contribution in [2.75, 3.05) is 5.32 Å². The number of hydrogen-bond acceptors (Lipinski definition) is 6. The average molecular weight is 483 g/mol. The second-order valence-electron chi connectivity index (χ2n) is 9.19. The maximum absolute atomic E-state index is 13.4. The number of halogens is 1. The molecule has 5 aromatic rings. The predicted molar refractivity (Wildman–Crippen MR) is 133 cm³/mol. The number of amides is 1. The zero-order valence-corrected chi connectivity index (χ0v) is 20.0. The minimum atomic E-state index is -0.913. The molecule has 0 bridgehead atoms. The van der Waals surface area contributed by atoms with Crippen molar-refractivity contribution in [3.63, 3.8) is 0 Å². The SMILES string of the molecule is Cc1ccc(-c2ccn3ncc(C(=O)Nc4cc(-c5noc([C@H]6C[C@@H]6F)n5)ccc4C)c3c2)c(C)n1. The Labute approximate surface area is 206 Å². The lowest BCUT2D eigenvalue weighted by Crippen LogP contribution is -2.12. The van der Waals surface area contributed by atoms with Crippen LogP contribution in [0.5, 0.6) is 0 Å². The molecule has 1 aliphatic rings. The van der Waals surface area contributed by atoms with E-state index in [1.165, 1.54) is 0 Å². The van der Waals surface area contributed by atoms with Crippen LogP contribution >= 0.6 is 0 Å². The van der Waals surface area contributed by atoms with Crippen LogP contribution in [-0.4, -0.2) is 36.8 Å². The summed E-state index contributed by atoms with van der Waals surface area (Å²) in [6, 6.07) is 13.4. The Kier molecular flexibility index (Phi) is 5.13. The minimum absolute atomic E-state index is 0.284. The van der Waals surface area contributed by atoms with Crippen molar-refractivity contribution in [2.45, 2.75) is 39.3 Å². The van der Waals surface area contributed by atoms with Gasteiger partial charge >= 0.3 is 0 Å².